The third-order valence-electron chi connectivity index (χ3n) is 2.49. The molecule has 108 valence electrons. The number of ether oxygens (including phenoxy) is 1. The predicted molar refractivity (Wildman–Crippen MR) is 69.7 cm³/mol. The molecule has 0 saturated carbocycles. The van der Waals surface area contributed by atoms with Crippen molar-refractivity contribution in [3.05, 3.63) is 0 Å². The number of unbranched alkanes of at least 4 members (excludes halogenated alkanes) is 2. The van der Waals surface area contributed by atoms with Gasteiger partial charge in [0.15, 0.2) is 0 Å². The Hall–Kier alpha value is -0.620. The van der Waals surface area contributed by atoms with E-state index in [9.17, 15) is 13.2 Å². The molecule has 5 nitrogen and oxygen atoms in total. The Labute approximate surface area is 110 Å². The molecule has 0 aromatic heterocycles. The molecule has 6 heteroatoms. The highest BCUT2D eigenvalue weighted by atomic mass is 32.2. The van der Waals surface area contributed by atoms with Crippen LogP contribution in [0.25, 0.3) is 0 Å². The molecule has 1 atom stereocenters. The highest BCUT2D eigenvalue weighted by Crippen LogP contribution is 2.13. The van der Waals surface area contributed by atoms with Crippen molar-refractivity contribution < 1.29 is 22.1 Å². The van der Waals surface area contributed by atoms with Crippen molar-refractivity contribution in [3.8, 4) is 0 Å². The van der Waals surface area contributed by atoms with Crippen LogP contribution < -0.4 is 0 Å². The molecule has 0 aromatic carbocycles. The highest BCUT2D eigenvalue weighted by Gasteiger charge is 2.26. The molecule has 0 rings (SSSR count). The quantitative estimate of drug-likeness (QED) is 0.349. The maximum absolute atomic E-state index is 11.9. The first-order valence-electron chi connectivity index (χ1n) is 6.45. The number of esters is 1. The molecule has 0 aliphatic heterocycles. The largest absolute Gasteiger partial charge is 0.464 e. The molecule has 0 N–H and O–H groups in total. The smallest absolute Gasteiger partial charge is 0.302 e. The summed E-state index contributed by atoms with van der Waals surface area (Å²) in [5.74, 6) is -0.475. The van der Waals surface area contributed by atoms with Crippen LogP contribution in [0.1, 0.15) is 52.9 Å². The first-order chi connectivity index (χ1) is 8.44. The number of carbonyl (C=O) groups is 1. The van der Waals surface area contributed by atoms with Gasteiger partial charge in [-0.2, -0.15) is 8.42 Å². The summed E-state index contributed by atoms with van der Waals surface area (Å²) in [4.78, 5) is 10.7. The van der Waals surface area contributed by atoms with Crippen molar-refractivity contribution in [2.75, 3.05) is 13.2 Å². The van der Waals surface area contributed by atoms with Gasteiger partial charge in [0.25, 0.3) is 10.1 Å². The molecule has 1 unspecified atom stereocenters. The van der Waals surface area contributed by atoms with Gasteiger partial charge in [0.1, 0.15) is 11.9 Å². The van der Waals surface area contributed by atoms with Gasteiger partial charge in [0, 0.05) is 6.92 Å². The Balaban J connectivity index is 4.31. The monoisotopic (exact) mass is 280 g/mol. The fraction of sp³-hybridized carbons (Fsp3) is 0.917. The third-order valence-corrected chi connectivity index (χ3v) is 4.17. The predicted octanol–water partition coefficient (Wildman–Crippen LogP) is 2.25. The van der Waals surface area contributed by atoms with Gasteiger partial charge in [-0.05, 0) is 12.8 Å². The molecule has 0 aliphatic rings. The van der Waals surface area contributed by atoms with E-state index < -0.39 is 21.3 Å². The minimum absolute atomic E-state index is 0.126. The first kappa shape index (κ1) is 17.4. The zero-order chi connectivity index (χ0) is 14.0. The summed E-state index contributed by atoms with van der Waals surface area (Å²) in [5.41, 5.74) is 0. The zero-order valence-corrected chi connectivity index (χ0v) is 12.3. The maximum Gasteiger partial charge on any atom is 0.302 e. The highest BCUT2D eigenvalue weighted by molar-refractivity contribution is 7.87. The van der Waals surface area contributed by atoms with Crippen LogP contribution in [-0.4, -0.2) is 32.9 Å². The van der Waals surface area contributed by atoms with Crippen molar-refractivity contribution in [2.24, 2.45) is 0 Å². The van der Waals surface area contributed by atoms with Crippen molar-refractivity contribution in [2.45, 2.75) is 58.1 Å². The van der Waals surface area contributed by atoms with Gasteiger partial charge in [-0.25, -0.2) is 0 Å². The number of carbonyl (C=O) groups excluding carboxylic acids is 1. The zero-order valence-electron chi connectivity index (χ0n) is 11.5. The van der Waals surface area contributed by atoms with Crippen molar-refractivity contribution in [1.82, 2.24) is 0 Å². The Morgan fingerprint density at radius 1 is 1.17 bits per heavy atom. The summed E-state index contributed by atoms with van der Waals surface area (Å²) in [7, 11) is -3.64. The van der Waals surface area contributed by atoms with Crippen LogP contribution in [0.4, 0.5) is 0 Å². The summed E-state index contributed by atoms with van der Waals surface area (Å²) in [5, 5.41) is -0.756. The molecule has 0 spiro atoms. The minimum Gasteiger partial charge on any atom is -0.464 e. The summed E-state index contributed by atoms with van der Waals surface area (Å²) >= 11 is 0. The molecular weight excluding hydrogens is 256 g/mol. The van der Waals surface area contributed by atoms with Crippen molar-refractivity contribution in [3.63, 3.8) is 0 Å². The van der Waals surface area contributed by atoms with Crippen molar-refractivity contribution >= 4 is 16.1 Å². The van der Waals surface area contributed by atoms with Gasteiger partial charge in [-0.1, -0.05) is 33.1 Å². The van der Waals surface area contributed by atoms with Crippen LogP contribution in [0.3, 0.4) is 0 Å². The summed E-state index contributed by atoms with van der Waals surface area (Å²) < 4.78 is 33.5. The maximum atomic E-state index is 11.9. The van der Waals surface area contributed by atoms with Gasteiger partial charge < -0.3 is 4.74 Å². The molecule has 0 fully saturated rings. The second-order valence-electron chi connectivity index (χ2n) is 4.24. The van der Waals surface area contributed by atoms with Crippen molar-refractivity contribution in [1.29, 1.82) is 0 Å². The van der Waals surface area contributed by atoms with Gasteiger partial charge in [0.05, 0.1) is 6.61 Å². The Morgan fingerprint density at radius 2 is 1.83 bits per heavy atom. The molecule has 0 aromatic rings. The molecule has 0 saturated heterocycles. The average Bonchev–Trinajstić information content (AvgIpc) is 2.29. The molecule has 0 amide bonds. The Bertz CT molecular complexity index is 323. The van der Waals surface area contributed by atoms with E-state index in [-0.39, 0.29) is 13.2 Å². The van der Waals surface area contributed by atoms with E-state index in [2.05, 4.69) is 0 Å². The van der Waals surface area contributed by atoms with Gasteiger partial charge >= 0.3 is 5.97 Å². The van der Waals surface area contributed by atoms with Gasteiger partial charge in [-0.3, -0.25) is 8.98 Å². The van der Waals surface area contributed by atoms with Crippen LogP contribution in [-0.2, 0) is 23.8 Å². The van der Waals surface area contributed by atoms with E-state index in [0.29, 0.717) is 12.8 Å². The van der Waals surface area contributed by atoms with Crippen LogP contribution in [0.5, 0.6) is 0 Å². The Morgan fingerprint density at radius 3 is 2.33 bits per heavy atom. The normalized spacial score (nSPS) is 13.3. The lowest BCUT2D eigenvalue weighted by atomic mass is 10.2. The van der Waals surface area contributed by atoms with Gasteiger partial charge in [-0.15, -0.1) is 0 Å². The van der Waals surface area contributed by atoms with E-state index in [4.69, 9.17) is 8.92 Å². The second-order valence-corrected chi connectivity index (χ2v) is 6.12. The van der Waals surface area contributed by atoms with E-state index in [1.165, 1.54) is 6.92 Å². The van der Waals surface area contributed by atoms with E-state index >= 15 is 0 Å². The molecule has 0 aliphatic carbocycles. The number of hydrogen-bond acceptors (Lipinski definition) is 5. The lowest BCUT2D eigenvalue weighted by Crippen LogP contribution is -2.29. The lowest BCUT2D eigenvalue weighted by Gasteiger charge is -2.16. The van der Waals surface area contributed by atoms with Crippen LogP contribution >= 0.6 is 0 Å². The van der Waals surface area contributed by atoms with Crippen LogP contribution in [0.2, 0.25) is 0 Å². The standard InChI is InChI=1S/C12H24O5S/c1-4-6-7-9-17-18(14,15)12(8-5-2)10-16-11(3)13/h12H,4-10H2,1-3H3. The fourth-order valence-electron chi connectivity index (χ4n) is 1.47. The third kappa shape index (κ3) is 7.66. The molecule has 18 heavy (non-hydrogen) atoms. The molecule has 0 radical (unpaired) electrons. The van der Waals surface area contributed by atoms with Crippen LogP contribution in [0, 0.1) is 0 Å². The Kier molecular flexibility index (Phi) is 9.01. The molecular formula is C12H24O5S. The fourth-order valence-corrected chi connectivity index (χ4v) is 2.77. The summed E-state index contributed by atoms with van der Waals surface area (Å²) in [6.45, 7) is 5.26. The summed E-state index contributed by atoms with van der Waals surface area (Å²) in [6, 6.07) is 0. The first-order valence-corrected chi connectivity index (χ1v) is 7.92. The molecule has 0 bridgehead atoms. The van der Waals surface area contributed by atoms with Gasteiger partial charge in [0.2, 0.25) is 0 Å². The van der Waals surface area contributed by atoms with E-state index in [1.54, 1.807) is 0 Å². The average molecular weight is 280 g/mol. The topological polar surface area (TPSA) is 69.7 Å². The number of hydrogen-bond donors (Lipinski definition) is 0. The van der Waals surface area contributed by atoms with Crippen LogP contribution in [0.15, 0.2) is 0 Å². The van der Waals surface area contributed by atoms with E-state index in [1.807, 2.05) is 13.8 Å². The molecule has 0 heterocycles. The second kappa shape index (κ2) is 9.33. The minimum atomic E-state index is -3.64. The summed E-state index contributed by atoms with van der Waals surface area (Å²) in [6.07, 6.45) is 3.81. The van der Waals surface area contributed by atoms with E-state index in [0.717, 1.165) is 19.3 Å². The lowest BCUT2D eigenvalue weighted by molar-refractivity contribution is -0.140. The number of rotatable bonds is 10. The SMILES string of the molecule is CCCCCOS(=O)(=O)C(CCC)COC(C)=O.